The zero-order valence-corrected chi connectivity index (χ0v) is 14.9. The molecule has 2 N–H and O–H groups in total. The van der Waals surface area contributed by atoms with Crippen LogP contribution >= 0.6 is 0 Å². The van der Waals surface area contributed by atoms with Gasteiger partial charge >= 0.3 is 5.97 Å². The second kappa shape index (κ2) is 5.18. The lowest BCUT2D eigenvalue weighted by atomic mass is 9.48. The van der Waals surface area contributed by atoms with Gasteiger partial charge in [-0.15, -0.1) is 0 Å². The van der Waals surface area contributed by atoms with Crippen molar-refractivity contribution >= 4 is 5.97 Å². The zero-order chi connectivity index (χ0) is 17.3. The van der Waals surface area contributed by atoms with Crippen LogP contribution in [0.15, 0.2) is 22.3 Å². The zero-order valence-electron chi connectivity index (χ0n) is 14.9. The SMILES string of the molecule is CC1=C2C(CC3=C(CCC4C(C)(CO)CCCC34C)C2O)OC1=O. The molecule has 0 bridgehead atoms. The van der Waals surface area contributed by atoms with Crippen LogP contribution in [0, 0.1) is 16.7 Å². The standard InChI is InChI=1S/C20H28O4/c1-11-16-14(24-18(11)23)9-13-12(17(16)22)5-6-15-19(2,10-21)7-4-8-20(13,15)3/h14-15,17,21-22H,4-10H2,1-3H3. The molecule has 4 aliphatic rings. The van der Waals surface area contributed by atoms with Crippen molar-refractivity contribution in [3.63, 3.8) is 0 Å². The predicted octanol–water partition coefficient (Wildman–Crippen LogP) is 2.89. The van der Waals surface area contributed by atoms with E-state index in [4.69, 9.17) is 4.74 Å². The van der Waals surface area contributed by atoms with Gasteiger partial charge in [0.25, 0.3) is 0 Å². The van der Waals surface area contributed by atoms with Crippen molar-refractivity contribution in [1.82, 2.24) is 0 Å². The minimum absolute atomic E-state index is 0.00126. The molecule has 24 heavy (non-hydrogen) atoms. The molecule has 0 aromatic carbocycles. The summed E-state index contributed by atoms with van der Waals surface area (Å²) in [5.41, 5.74) is 3.77. The average Bonchev–Trinajstić information content (AvgIpc) is 2.83. The lowest BCUT2D eigenvalue weighted by Crippen LogP contribution is -2.51. The van der Waals surface area contributed by atoms with E-state index in [9.17, 15) is 15.0 Å². The van der Waals surface area contributed by atoms with Crippen LogP contribution in [0.4, 0.5) is 0 Å². The van der Waals surface area contributed by atoms with Crippen molar-refractivity contribution < 1.29 is 19.7 Å². The maximum atomic E-state index is 12.0. The Kier molecular flexibility index (Phi) is 3.53. The number of carbonyl (C=O) groups is 1. The minimum atomic E-state index is -0.662. The smallest absolute Gasteiger partial charge is 0.334 e. The fraction of sp³-hybridized carbons (Fsp3) is 0.750. The summed E-state index contributed by atoms with van der Waals surface area (Å²) in [5.74, 6) is 0.151. The Morgan fingerprint density at radius 2 is 2.04 bits per heavy atom. The quantitative estimate of drug-likeness (QED) is 0.572. The van der Waals surface area contributed by atoms with Gasteiger partial charge in [0.05, 0.1) is 0 Å². The van der Waals surface area contributed by atoms with Gasteiger partial charge in [-0.1, -0.05) is 25.8 Å². The van der Waals surface area contributed by atoms with E-state index in [1.165, 1.54) is 5.57 Å². The molecule has 0 spiro atoms. The van der Waals surface area contributed by atoms with Crippen molar-refractivity contribution in [2.24, 2.45) is 16.7 Å². The highest BCUT2D eigenvalue weighted by Crippen LogP contribution is 2.62. The van der Waals surface area contributed by atoms with E-state index in [-0.39, 0.29) is 29.5 Å². The Morgan fingerprint density at radius 3 is 2.75 bits per heavy atom. The number of rotatable bonds is 1. The molecule has 0 aromatic heterocycles. The summed E-state index contributed by atoms with van der Waals surface area (Å²) in [5, 5.41) is 21.0. The van der Waals surface area contributed by atoms with Gasteiger partial charge in [0.15, 0.2) is 0 Å². The largest absolute Gasteiger partial charge is 0.454 e. The van der Waals surface area contributed by atoms with Crippen LogP contribution in [-0.4, -0.2) is 35.0 Å². The number of esters is 1. The third kappa shape index (κ3) is 1.96. The molecule has 0 aromatic rings. The van der Waals surface area contributed by atoms with Gasteiger partial charge in [0.1, 0.15) is 12.2 Å². The molecule has 5 atom stereocenters. The summed E-state index contributed by atoms with van der Waals surface area (Å²) in [4.78, 5) is 12.0. The van der Waals surface area contributed by atoms with Crippen molar-refractivity contribution in [2.75, 3.05) is 6.61 Å². The highest BCUT2D eigenvalue weighted by atomic mass is 16.5. The van der Waals surface area contributed by atoms with Crippen LogP contribution < -0.4 is 0 Å². The highest BCUT2D eigenvalue weighted by Gasteiger charge is 2.55. The minimum Gasteiger partial charge on any atom is -0.454 e. The first-order valence-electron chi connectivity index (χ1n) is 9.25. The third-order valence-corrected chi connectivity index (χ3v) is 7.54. The van der Waals surface area contributed by atoms with Gasteiger partial charge in [-0.25, -0.2) is 4.79 Å². The second-order valence-electron chi connectivity index (χ2n) is 8.76. The van der Waals surface area contributed by atoms with Crippen molar-refractivity contribution in [3.8, 4) is 0 Å². The molecule has 0 radical (unpaired) electrons. The van der Waals surface area contributed by atoms with Crippen molar-refractivity contribution in [2.45, 2.75) is 71.5 Å². The summed E-state index contributed by atoms with van der Waals surface area (Å²) in [6, 6.07) is 0. The normalized spacial score (nSPS) is 44.9. The Bertz CT molecular complexity index is 661. The average molecular weight is 332 g/mol. The molecular formula is C20H28O4. The van der Waals surface area contributed by atoms with Gasteiger partial charge in [-0.2, -0.15) is 0 Å². The van der Waals surface area contributed by atoms with Crippen LogP contribution in [0.5, 0.6) is 0 Å². The Labute approximate surface area is 143 Å². The van der Waals surface area contributed by atoms with Crippen LogP contribution in [0.1, 0.15) is 59.3 Å². The fourth-order valence-corrected chi connectivity index (χ4v) is 6.22. The summed E-state index contributed by atoms with van der Waals surface area (Å²) in [6.07, 6.45) is 4.91. The third-order valence-electron chi connectivity index (χ3n) is 7.54. The van der Waals surface area contributed by atoms with E-state index in [2.05, 4.69) is 13.8 Å². The molecule has 1 fully saturated rings. The summed E-state index contributed by atoms with van der Waals surface area (Å²) in [6.45, 7) is 6.51. The molecular weight excluding hydrogens is 304 g/mol. The van der Waals surface area contributed by atoms with E-state index in [1.807, 2.05) is 0 Å². The van der Waals surface area contributed by atoms with E-state index >= 15 is 0 Å². The van der Waals surface area contributed by atoms with E-state index in [0.29, 0.717) is 11.5 Å². The number of fused-ring (bicyclic) bond motifs is 3. The Hall–Kier alpha value is -1.13. The number of carbonyl (C=O) groups excluding carboxylic acids is 1. The number of ether oxygens (including phenoxy) is 1. The maximum absolute atomic E-state index is 12.0. The first-order chi connectivity index (χ1) is 11.3. The molecule has 0 saturated heterocycles. The fourth-order valence-electron chi connectivity index (χ4n) is 6.22. The monoisotopic (exact) mass is 332 g/mol. The van der Waals surface area contributed by atoms with Crippen LogP contribution in [0.2, 0.25) is 0 Å². The van der Waals surface area contributed by atoms with Crippen molar-refractivity contribution in [1.29, 1.82) is 0 Å². The first-order valence-corrected chi connectivity index (χ1v) is 9.25. The Morgan fingerprint density at radius 1 is 1.29 bits per heavy atom. The molecule has 1 heterocycles. The molecule has 1 aliphatic heterocycles. The maximum Gasteiger partial charge on any atom is 0.334 e. The van der Waals surface area contributed by atoms with Crippen LogP contribution in [0.25, 0.3) is 0 Å². The molecule has 4 nitrogen and oxygen atoms in total. The highest BCUT2D eigenvalue weighted by molar-refractivity contribution is 5.92. The lowest BCUT2D eigenvalue weighted by molar-refractivity contribution is -0.140. The molecule has 3 aliphatic carbocycles. The van der Waals surface area contributed by atoms with Gasteiger partial charge in [0, 0.05) is 24.2 Å². The second-order valence-corrected chi connectivity index (χ2v) is 8.76. The van der Waals surface area contributed by atoms with Crippen molar-refractivity contribution in [3.05, 3.63) is 22.3 Å². The number of aliphatic hydroxyl groups is 2. The Balaban J connectivity index is 1.79. The van der Waals surface area contributed by atoms with Gasteiger partial charge in [-0.05, 0) is 54.9 Å². The lowest BCUT2D eigenvalue weighted by Gasteiger charge is -2.57. The van der Waals surface area contributed by atoms with Crippen LogP contribution in [-0.2, 0) is 9.53 Å². The number of hydrogen-bond donors (Lipinski definition) is 2. The summed E-state index contributed by atoms with van der Waals surface area (Å²) >= 11 is 0. The molecule has 5 unspecified atom stereocenters. The molecule has 4 rings (SSSR count). The van der Waals surface area contributed by atoms with E-state index in [1.54, 1.807) is 6.92 Å². The number of hydrogen-bond acceptors (Lipinski definition) is 4. The first kappa shape index (κ1) is 16.3. The van der Waals surface area contributed by atoms with E-state index < -0.39 is 6.10 Å². The van der Waals surface area contributed by atoms with Gasteiger partial charge in [-0.3, -0.25) is 0 Å². The van der Waals surface area contributed by atoms with Gasteiger partial charge < -0.3 is 14.9 Å². The topological polar surface area (TPSA) is 66.8 Å². The number of aliphatic hydroxyl groups excluding tert-OH is 2. The molecule has 132 valence electrons. The summed E-state index contributed by atoms with van der Waals surface area (Å²) in [7, 11) is 0. The summed E-state index contributed by atoms with van der Waals surface area (Å²) < 4.78 is 5.54. The molecule has 1 saturated carbocycles. The molecule has 0 amide bonds. The predicted molar refractivity (Wildman–Crippen MR) is 90.1 cm³/mol. The van der Waals surface area contributed by atoms with E-state index in [0.717, 1.165) is 49.7 Å². The van der Waals surface area contributed by atoms with Gasteiger partial charge in [0.2, 0.25) is 0 Å². The molecule has 4 heteroatoms. The van der Waals surface area contributed by atoms with Crippen LogP contribution in [0.3, 0.4) is 0 Å².